The molecule has 46 valence electrons. The van der Waals surface area contributed by atoms with Crippen LogP contribution in [0, 0.1) is 0 Å². The van der Waals surface area contributed by atoms with Crippen LogP contribution in [0.5, 0.6) is 0 Å². The van der Waals surface area contributed by atoms with Crippen LogP contribution >= 0.6 is 23.2 Å². The summed E-state index contributed by atoms with van der Waals surface area (Å²) in [4.78, 5) is 18.2. The van der Waals surface area contributed by atoms with Gasteiger partial charge in [0.2, 0.25) is 0 Å². The molecule has 0 heterocycles. The second-order valence-corrected chi connectivity index (χ2v) is 2.07. The fourth-order valence-electron chi connectivity index (χ4n) is 0.0933. The lowest BCUT2D eigenvalue weighted by Crippen LogP contribution is -2.18. The quantitative estimate of drug-likeness (QED) is 0.467. The number of carbonyl (C=O) groups is 2. The zero-order chi connectivity index (χ0) is 6.73. The average Bonchev–Trinajstić information content (AvgIpc) is 1.64. The number of carbonyl (C=O) groups excluding carboxylic acids is 1. The molecule has 0 spiro atoms. The molecule has 0 fully saturated rings. The monoisotopic (exact) mass is 156 g/mol. The molecule has 0 amide bonds. The first-order valence-corrected chi connectivity index (χ1v) is 2.48. The summed E-state index contributed by atoms with van der Waals surface area (Å²) < 4.78 is 0. The van der Waals surface area contributed by atoms with E-state index in [1.807, 2.05) is 0 Å². The third kappa shape index (κ3) is 2.14. The molecule has 0 atom stereocenters. The Balaban J connectivity index is 3.84. The minimum Gasteiger partial charge on any atom is -0.475 e. The van der Waals surface area contributed by atoms with Crippen molar-refractivity contribution in [3.8, 4) is 0 Å². The Morgan fingerprint density at radius 1 is 1.38 bits per heavy atom. The van der Waals surface area contributed by atoms with Gasteiger partial charge < -0.3 is 5.11 Å². The fourth-order valence-corrected chi connectivity index (χ4v) is 0.280. The lowest BCUT2D eigenvalue weighted by atomic mass is 10.5. The molecule has 0 saturated heterocycles. The van der Waals surface area contributed by atoms with Crippen molar-refractivity contribution in [2.45, 2.75) is 4.84 Å². The molecular formula is C3H2Cl2O3. The maximum atomic E-state index is 9.98. The molecular weight excluding hydrogens is 155 g/mol. The van der Waals surface area contributed by atoms with Crippen LogP contribution in [0.25, 0.3) is 0 Å². The van der Waals surface area contributed by atoms with E-state index in [2.05, 4.69) is 0 Å². The number of ketones is 1. The summed E-state index contributed by atoms with van der Waals surface area (Å²) in [5.74, 6) is -2.81. The molecule has 3 nitrogen and oxygen atoms in total. The third-order valence-electron chi connectivity index (χ3n) is 0.409. The molecule has 0 unspecified atom stereocenters. The van der Waals surface area contributed by atoms with Gasteiger partial charge in [-0.25, -0.2) is 4.79 Å². The summed E-state index contributed by atoms with van der Waals surface area (Å²) in [7, 11) is 0. The number of hydrogen-bond acceptors (Lipinski definition) is 2. The van der Waals surface area contributed by atoms with Crippen molar-refractivity contribution in [1.82, 2.24) is 0 Å². The SMILES string of the molecule is O=C(O)C(=O)C(Cl)Cl. The van der Waals surface area contributed by atoms with Crippen molar-refractivity contribution >= 4 is 35.0 Å². The van der Waals surface area contributed by atoms with Gasteiger partial charge in [-0.3, -0.25) is 4.79 Å². The van der Waals surface area contributed by atoms with E-state index in [-0.39, 0.29) is 0 Å². The van der Waals surface area contributed by atoms with Gasteiger partial charge in [-0.15, -0.1) is 0 Å². The zero-order valence-electron chi connectivity index (χ0n) is 3.60. The molecule has 0 radical (unpaired) electrons. The molecule has 0 aromatic rings. The first kappa shape index (κ1) is 7.72. The second-order valence-electron chi connectivity index (χ2n) is 0.970. The van der Waals surface area contributed by atoms with Crippen LogP contribution in [0.15, 0.2) is 0 Å². The molecule has 0 aliphatic carbocycles. The highest BCUT2D eigenvalue weighted by atomic mass is 35.5. The highest BCUT2D eigenvalue weighted by Gasteiger charge is 2.18. The van der Waals surface area contributed by atoms with Gasteiger partial charge in [-0.1, -0.05) is 23.2 Å². The Bertz CT molecular complexity index is 120. The maximum absolute atomic E-state index is 9.98. The number of halogens is 2. The number of rotatable bonds is 2. The molecule has 8 heavy (non-hydrogen) atoms. The van der Waals surface area contributed by atoms with Gasteiger partial charge in [0.05, 0.1) is 0 Å². The van der Waals surface area contributed by atoms with Crippen molar-refractivity contribution < 1.29 is 14.7 Å². The van der Waals surface area contributed by atoms with Gasteiger partial charge in [0, 0.05) is 0 Å². The summed E-state index contributed by atoms with van der Waals surface area (Å²) in [6.07, 6.45) is 0. The van der Waals surface area contributed by atoms with Crippen molar-refractivity contribution in [1.29, 1.82) is 0 Å². The molecule has 0 aromatic carbocycles. The van der Waals surface area contributed by atoms with Crippen LogP contribution in [0.1, 0.15) is 0 Å². The molecule has 0 aromatic heterocycles. The van der Waals surface area contributed by atoms with Crippen molar-refractivity contribution in [3.05, 3.63) is 0 Å². The Kier molecular flexibility index (Phi) is 2.79. The van der Waals surface area contributed by atoms with E-state index >= 15 is 0 Å². The predicted molar refractivity (Wildman–Crippen MR) is 28.1 cm³/mol. The molecule has 0 rings (SSSR count). The number of carboxylic acid groups (broad SMARTS) is 1. The number of carboxylic acids is 1. The van der Waals surface area contributed by atoms with E-state index < -0.39 is 16.6 Å². The summed E-state index contributed by atoms with van der Waals surface area (Å²) in [5, 5.41) is 7.83. The Labute approximate surface area is 55.2 Å². The topological polar surface area (TPSA) is 54.4 Å². The molecule has 0 aliphatic heterocycles. The van der Waals surface area contributed by atoms with Crippen molar-refractivity contribution in [2.75, 3.05) is 0 Å². The number of aliphatic carboxylic acids is 1. The van der Waals surface area contributed by atoms with Gasteiger partial charge in [-0.2, -0.15) is 0 Å². The highest BCUT2D eigenvalue weighted by molar-refractivity contribution is 6.62. The van der Waals surface area contributed by atoms with Gasteiger partial charge in [0.1, 0.15) is 0 Å². The maximum Gasteiger partial charge on any atom is 0.375 e. The van der Waals surface area contributed by atoms with Gasteiger partial charge >= 0.3 is 5.97 Å². The average molecular weight is 157 g/mol. The number of alkyl halides is 2. The Hall–Kier alpha value is -0.280. The first-order valence-electron chi connectivity index (χ1n) is 1.61. The summed E-state index contributed by atoms with van der Waals surface area (Å²) in [6.45, 7) is 0. The normalized spacial score (nSPS) is 9.38. The van der Waals surface area contributed by atoms with E-state index in [1.165, 1.54) is 0 Å². The summed E-state index contributed by atoms with van der Waals surface area (Å²) >= 11 is 9.72. The van der Waals surface area contributed by atoms with E-state index in [4.69, 9.17) is 28.3 Å². The third-order valence-corrected chi connectivity index (χ3v) is 0.805. The van der Waals surface area contributed by atoms with Crippen LogP contribution in [0.4, 0.5) is 0 Å². The standard InChI is InChI=1S/C3H2Cl2O3/c4-2(5)1(6)3(7)8/h2H,(H,7,8). The fraction of sp³-hybridized carbons (Fsp3) is 0.333. The summed E-state index contributed by atoms with van der Waals surface area (Å²) in [6, 6.07) is 0. The lowest BCUT2D eigenvalue weighted by Gasteiger charge is -1.89. The minimum atomic E-state index is -1.61. The highest BCUT2D eigenvalue weighted by Crippen LogP contribution is 2.01. The van der Waals surface area contributed by atoms with Crippen molar-refractivity contribution in [3.63, 3.8) is 0 Å². The van der Waals surface area contributed by atoms with Crippen LogP contribution in [-0.4, -0.2) is 21.7 Å². The van der Waals surface area contributed by atoms with Crippen LogP contribution in [-0.2, 0) is 9.59 Å². The second kappa shape index (κ2) is 2.89. The number of Topliss-reactive ketones (excluding diaryl/α,β-unsaturated/α-hetero) is 1. The molecule has 0 aliphatic rings. The zero-order valence-corrected chi connectivity index (χ0v) is 5.11. The van der Waals surface area contributed by atoms with Gasteiger partial charge in [-0.05, 0) is 0 Å². The van der Waals surface area contributed by atoms with Gasteiger partial charge in [0.15, 0.2) is 4.84 Å². The molecule has 0 saturated carbocycles. The number of hydrogen-bond donors (Lipinski definition) is 1. The van der Waals surface area contributed by atoms with Crippen molar-refractivity contribution in [2.24, 2.45) is 0 Å². The lowest BCUT2D eigenvalue weighted by molar-refractivity contribution is -0.148. The predicted octanol–water partition coefficient (Wildman–Crippen LogP) is 0.444. The van der Waals surface area contributed by atoms with Crippen LogP contribution in [0.2, 0.25) is 0 Å². The van der Waals surface area contributed by atoms with E-state index in [0.29, 0.717) is 0 Å². The smallest absolute Gasteiger partial charge is 0.375 e. The van der Waals surface area contributed by atoms with E-state index in [0.717, 1.165) is 0 Å². The minimum absolute atomic E-state index is 1.20. The van der Waals surface area contributed by atoms with E-state index in [1.54, 1.807) is 0 Å². The van der Waals surface area contributed by atoms with E-state index in [9.17, 15) is 9.59 Å². The molecule has 0 bridgehead atoms. The van der Waals surface area contributed by atoms with Crippen LogP contribution < -0.4 is 0 Å². The molecule has 1 N–H and O–H groups in total. The Morgan fingerprint density at radius 2 is 1.75 bits per heavy atom. The Morgan fingerprint density at radius 3 is 1.75 bits per heavy atom. The van der Waals surface area contributed by atoms with Gasteiger partial charge in [0.25, 0.3) is 5.78 Å². The molecule has 5 heteroatoms. The first-order chi connectivity index (χ1) is 3.55. The summed E-state index contributed by atoms with van der Waals surface area (Å²) in [5.41, 5.74) is 0. The largest absolute Gasteiger partial charge is 0.475 e. The van der Waals surface area contributed by atoms with Crippen LogP contribution in [0.3, 0.4) is 0 Å².